The molecule has 0 bridgehead atoms. The number of nitrogens with zero attached hydrogens (tertiary/aromatic N) is 1. The summed E-state index contributed by atoms with van der Waals surface area (Å²) in [7, 11) is 0. The molecular formula is C14H13N3O2. The molecule has 0 saturated heterocycles. The maximum atomic E-state index is 12.4. The van der Waals surface area contributed by atoms with E-state index in [-0.39, 0.29) is 17.7 Å². The first-order valence-corrected chi connectivity index (χ1v) is 5.93. The highest BCUT2D eigenvalue weighted by Crippen LogP contribution is 2.21. The predicted molar refractivity (Wildman–Crippen MR) is 74.8 cm³/mol. The van der Waals surface area contributed by atoms with Gasteiger partial charge in [-0.2, -0.15) is 4.98 Å². The van der Waals surface area contributed by atoms with Crippen LogP contribution in [-0.4, -0.2) is 4.98 Å². The van der Waals surface area contributed by atoms with Gasteiger partial charge >= 0.3 is 0 Å². The zero-order chi connectivity index (χ0) is 13.6. The van der Waals surface area contributed by atoms with Gasteiger partial charge in [-0.05, 0) is 25.1 Å². The summed E-state index contributed by atoms with van der Waals surface area (Å²) in [4.78, 5) is 16.5. The third-order valence-corrected chi connectivity index (χ3v) is 3.15. The maximum absolute atomic E-state index is 12.4. The van der Waals surface area contributed by atoms with Crippen molar-refractivity contribution in [2.24, 2.45) is 5.73 Å². The van der Waals surface area contributed by atoms with Crippen LogP contribution in [0.2, 0.25) is 0 Å². The minimum atomic E-state index is -0.109. The van der Waals surface area contributed by atoms with Crippen LogP contribution < -0.4 is 16.9 Å². The molecule has 5 nitrogen and oxygen atoms in total. The van der Waals surface area contributed by atoms with E-state index >= 15 is 0 Å². The van der Waals surface area contributed by atoms with Crippen LogP contribution in [0.15, 0.2) is 33.5 Å². The number of pyridine rings is 1. The standard InChI is InChI=1S/C14H13N3O2/c1-7-2-3-11-9(4-7)12(18)10-5-8(6-15)13(16)17-14(10)19-11/h2-5H,6,15H2,1H3,(H2,16,17). The molecule has 3 aromatic rings. The summed E-state index contributed by atoms with van der Waals surface area (Å²) in [6, 6.07) is 7.11. The lowest BCUT2D eigenvalue weighted by molar-refractivity contribution is 0.645. The van der Waals surface area contributed by atoms with E-state index in [1.807, 2.05) is 13.0 Å². The summed E-state index contributed by atoms with van der Waals surface area (Å²) in [6.45, 7) is 2.16. The van der Waals surface area contributed by atoms with Crippen molar-refractivity contribution in [1.82, 2.24) is 4.98 Å². The molecule has 96 valence electrons. The quantitative estimate of drug-likeness (QED) is 0.645. The van der Waals surface area contributed by atoms with Gasteiger partial charge in [-0.25, -0.2) is 0 Å². The van der Waals surface area contributed by atoms with Crippen molar-refractivity contribution in [3.05, 3.63) is 45.6 Å². The van der Waals surface area contributed by atoms with Crippen molar-refractivity contribution in [3.8, 4) is 0 Å². The molecular weight excluding hydrogens is 242 g/mol. The number of aryl methyl sites for hydroxylation is 1. The summed E-state index contributed by atoms with van der Waals surface area (Å²) < 4.78 is 5.63. The molecule has 0 amide bonds. The number of anilines is 1. The lowest BCUT2D eigenvalue weighted by atomic mass is 10.1. The molecule has 0 unspecified atom stereocenters. The van der Waals surface area contributed by atoms with E-state index in [4.69, 9.17) is 15.9 Å². The van der Waals surface area contributed by atoms with Gasteiger partial charge in [-0.1, -0.05) is 11.6 Å². The molecule has 1 aromatic carbocycles. The molecule has 19 heavy (non-hydrogen) atoms. The monoisotopic (exact) mass is 255 g/mol. The van der Waals surface area contributed by atoms with Crippen LogP contribution in [0.4, 0.5) is 5.82 Å². The van der Waals surface area contributed by atoms with Crippen LogP contribution in [-0.2, 0) is 6.54 Å². The van der Waals surface area contributed by atoms with E-state index in [0.717, 1.165) is 5.56 Å². The fourth-order valence-corrected chi connectivity index (χ4v) is 2.11. The lowest BCUT2D eigenvalue weighted by Gasteiger charge is -2.05. The number of nitrogen functional groups attached to an aromatic ring is 1. The Bertz CT molecular complexity index is 853. The minimum absolute atomic E-state index is 0.109. The second kappa shape index (κ2) is 4.07. The van der Waals surface area contributed by atoms with E-state index in [9.17, 15) is 4.79 Å². The van der Waals surface area contributed by atoms with Crippen molar-refractivity contribution in [2.75, 3.05) is 5.73 Å². The predicted octanol–water partition coefficient (Wildman–Crippen LogP) is 1.69. The summed E-state index contributed by atoms with van der Waals surface area (Å²) in [5, 5.41) is 0.954. The Morgan fingerprint density at radius 1 is 1.26 bits per heavy atom. The van der Waals surface area contributed by atoms with Gasteiger partial charge in [0.25, 0.3) is 0 Å². The average molecular weight is 255 g/mol. The van der Waals surface area contributed by atoms with Gasteiger partial charge in [0.05, 0.1) is 10.8 Å². The highest BCUT2D eigenvalue weighted by atomic mass is 16.3. The summed E-state index contributed by atoms with van der Waals surface area (Å²) in [6.07, 6.45) is 0. The van der Waals surface area contributed by atoms with Crippen molar-refractivity contribution < 1.29 is 4.42 Å². The lowest BCUT2D eigenvalue weighted by Crippen LogP contribution is -2.08. The Hall–Kier alpha value is -2.40. The third kappa shape index (κ3) is 1.75. The zero-order valence-corrected chi connectivity index (χ0v) is 10.4. The normalized spacial score (nSPS) is 11.3. The number of rotatable bonds is 1. The molecule has 0 radical (unpaired) electrons. The Morgan fingerprint density at radius 3 is 2.79 bits per heavy atom. The maximum Gasteiger partial charge on any atom is 0.232 e. The van der Waals surface area contributed by atoms with Crippen LogP contribution in [0.5, 0.6) is 0 Å². The summed E-state index contributed by atoms with van der Waals surface area (Å²) in [5.74, 6) is 0.296. The number of hydrogen-bond acceptors (Lipinski definition) is 5. The minimum Gasteiger partial charge on any atom is -0.437 e. The average Bonchev–Trinajstić information content (AvgIpc) is 2.39. The van der Waals surface area contributed by atoms with E-state index in [2.05, 4.69) is 4.98 Å². The molecule has 0 atom stereocenters. The van der Waals surface area contributed by atoms with Crippen LogP contribution >= 0.6 is 0 Å². The highest BCUT2D eigenvalue weighted by Gasteiger charge is 2.11. The highest BCUT2D eigenvalue weighted by molar-refractivity contribution is 5.89. The first kappa shape index (κ1) is 11.7. The second-order valence-corrected chi connectivity index (χ2v) is 4.52. The zero-order valence-electron chi connectivity index (χ0n) is 10.4. The second-order valence-electron chi connectivity index (χ2n) is 4.52. The van der Waals surface area contributed by atoms with Gasteiger partial charge in [-0.15, -0.1) is 0 Å². The summed E-state index contributed by atoms with van der Waals surface area (Å²) in [5.41, 5.74) is 13.6. The van der Waals surface area contributed by atoms with Crippen LogP contribution in [0, 0.1) is 6.92 Å². The van der Waals surface area contributed by atoms with Gasteiger partial charge in [0.1, 0.15) is 11.4 Å². The number of nitrogens with two attached hydrogens (primary N) is 2. The molecule has 4 N–H and O–H groups in total. The van der Waals surface area contributed by atoms with Crippen LogP contribution in [0.3, 0.4) is 0 Å². The Balaban J connectivity index is 2.51. The third-order valence-electron chi connectivity index (χ3n) is 3.15. The summed E-state index contributed by atoms with van der Waals surface area (Å²) >= 11 is 0. The number of fused-ring (bicyclic) bond motifs is 2. The molecule has 2 aromatic heterocycles. The van der Waals surface area contributed by atoms with Gasteiger partial charge in [0.2, 0.25) is 11.1 Å². The van der Waals surface area contributed by atoms with Gasteiger partial charge in [0, 0.05) is 12.1 Å². The van der Waals surface area contributed by atoms with Crippen molar-refractivity contribution in [1.29, 1.82) is 0 Å². The van der Waals surface area contributed by atoms with Crippen molar-refractivity contribution in [2.45, 2.75) is 13.5 Å². The first-order valence-electron chi connectivity index (χ1n) is 5.93. The van der Waals surface area contributed by atoms with E-state index in [1.165, 1.54) is 0 Å². The molecule has 2 heterocycles. The number of hydrogen-bond donors (Lipinski definition) is 2. The van der Waals surface area contributed by atoms with Gasteiger partial charge in [-0.3, -0.25) is 4.79 Å². The Kier molecular flexibility index (Phi) is 2.50. The largest absolute Gasteiger partial charge is 0.437 e. The van der Waals surface area contributed by atoms with Gasteiger partial charge < -0.3 is 15.9 Å². The molecule has 5 heteroatoms. The number of benzene rings is 1. The van der Waals surface area contributed by atoms with E-state index in [1.54, 1.807) is 18.2 Å². The SMILES string of the molecule is Cc1ccc2oc3nc(N)c(CN)cc3c(=O)c2c1. The molecule has 0 fully saturated rings. The van der Waals surface area contributed by atoms with Crippen molar-refractivity contribution >= 4 is 27.9 Å². The molecule has 3 rings (SSSR count). The van der Waals surface area contributed by atoms with Crippen LogP contribution in [0.1, 0.15) is 11.1 Å². The molecule has 0 aliphatic rings. The van der Waals surface area contributed by atoms with E-state index < -0.39 is 0 Å². The smallest absolute Gasteiger partial charge is 0.232 e. The van der Waals surface area contributed by atoms with E-state index in [0.29, 0.717) is 27.7 Å². The first-order chi connectivity index (χ1) is 9.10. The molecule has 0 aliphatic heterocycles. The fraction of sp³-hybridized carbons (Fsp3) is 0.143. The van der Waals surface area contributed by atoms with Gasteiger partial charge in [0.15, 0.2) is 0 Å². The number of aromatic nitrogens is 1. The van der Waals surface area contributed by atoms with Crippen LogP contribution in [0.25, 0.3) is 22.1 Å². The molecule has 0 saturated carbocycles. The van der Waals surface area contributed by atoms with Crippen molar-refractivity contribution in [3.63, 3.8) is 0 Å². The Labute approximate surface area is 108 Å². The molecule has 0 spiro atoms. The Morgan fingerprint density at radius 2 is 2.05 bits per heavy atom. The molecule has 0 aliphatic carbocycles. The fourth-order valence-electron chi connectivity index (χ4n) is 2.11. The topological polar surface area (TPSA) is 95.1 Å².